The predicted octanol–water partition coefficient (Wildman–Crippen LogP) is 2.82. The monoisotopic (exact) mass is 380 g/mol. The van der Waals surface area contributed by atoms with Gasteiger partial charge in [-0.05, 0) is 39.8 Å². The molecule has 0 aromatic rings. The number of allylic oxidation sites excluding steroid dienone is 1. The van der Waals surface area contributed by atoms with Crippen molar-refractivity contribution in [2.75, 3.05) is 6.54 Å². The van der Waals surface area contributed by atoms with Gasteiger partial charge < -0.3 is 14.6 Å². The molecule has 0 bridgehead atoms. The number of fused-ring (bicyclic) bond motifs is 1. The van der Waals surface area contributed by atoms with Crippen molar-refractivity contribution >= 4 is 28.9 Å². The SMILES string of the molecule is CC1=N[C@H]2C=C(O[C@@H]3C[C@@H](C(=O)O)N(C(=O)OC(C)(C)C)C3)C=C[C@@H]2S1. The average Bonchev–Trinajstić information content (AvgIpc) is 3.08. The average molecular weight is 380 g/mol. The highest BCUT2D eigenvalue weighted by Crippen LogP contribution is 2.33. The molecule has 0 saturated carbocycles. The molecule has 0 aromatic carbocycles. The molecule has 0 unspecified atom stereocenters. The van der Waals surface area contributed by atoms with Crippen LogP contribution in [0.4, 0.5) is 4.79 Å². The lowest BCUT2D eigenvalue weighted by Gasteiger charge is -2.26. The fourth-order valence-corrected chi connectivity index (χ4v) is 4.20. The number of aliphatic imine (C=N–C) groups is 1. The van der Waals surface area contributed by atoms with Gasteiger partial charge in [-0.3, -0.25) is 9.89 Å². The zero-order valence-corrected chi connectivity index (χ0v) is 16.2. The highest BCUT2D eigenvalue weighted by Gasteiger charge is 2.43. The molecule has 8 heteroatoms. The van der Waals surface area contributed by atoms with E-state index in [2.05, 4.69) is 11.1 Å². The molecule has 0 radical (unpaired) electrons. The van der Waals surface area contributed by atoms with Crippen LogP contribution in [0.2, 0.25) is 0 Å². The van der Waals surface area contributed by atoms with Gasteiger partial charge in [0.2, 0.25) is 0 Å². The Labute approximate surface area is 157 Å². The Bertz CT molecular complexity index is 694. The first kappa shape index (κ1) is 18.8. The molecule has 3 aliphatic rings. The Balaban J connectivity index is 1.67. The van der Waals surface area contributed by atoms with Crippen molar-refractivity contribution in [3.63, 3.8) is 0 Å². The molecule has 1 aliphatic carbocycles. The summed E-state index contributed by atoms with van der Waals surface area (Å²) >= 11 is 1.72. The summed E-state index contributed by atoms with van der Waals surface area (Å²) in [5, 5.41) is 10.8. The second kappa shape index (κ2) is 6.98. The van der Waals surface area contributed by atoms with Crippen LogP contribution in [0.3, 0.4) is 0 Å². The van der Waals surface area contributed by atoms with Gasteiger partial charge in [-0.25, -0.2) is 9.59 Å². The molecule has 1 fully saturated rings. The lowest BCUT2D eigenvalue weighted by atomic mass is 10.1. The molecule has 4 atom stereocenters. The molecule has 1 N–H and O–H groups in total. The summed E-state index contributed by atoms with van der Waals surface area (Å²) in [6, 6.07) is -0.892. The Morgan fingerprint density at radius 3 is 2.77 bits per heavy atom. The summed E-state index contributed by atoms with van der Waals surface area (Å²) in [4.78, 5) is 29.7. The predicted molar refractivity (Wildman–Crippen MR) is 99.4 cm³/mol. The summed E-state index contributed by atoms with van der Waals surface area (Å²) in [6.07, 6.45) is 5.12. The molecular formula is C18H24N2O5S. The van der Waals surface area contributed by atoms with Gasteiger partial charge in [-0.15, -0.1) is 11.8 Å². The first-order chi connectivity index (χ1) is 12.1. The maximum Gasteiger partial charge on any atom is 0.411 e. The third-order valence-corrected chi connectivity index (χ3v) is 5.39. The van der Waals surface area contributed by atoms with Crippen LogP contribution in [0.15, 0.2) is 29.0 Å². The van der Waals surface area contributed by atoms with Gasteiger partial charge in [0, 0.05) is 6.42 Å². The summed E-state index contributed by atoms with van der Waals surface area (Å²) < 4.78 is 11.3. The Kier molecular flexibility index (Phi) is 5.05. The van der Waals surface area contributed by atoms with Crippen molar-refractivity contribution in [3.05, 3.63) is 24.0 Å². The number of likely N-dealkylation sites (tertiary alicyclic amines) is 1. The van der Waals surface area contributed by atoms with E-state index in [9.17, 15) is 14.7 Å². The molecule has 0 aromatic heterocycles. The number of hydrogen-bond donors (Lipinski definition) is 1. The molecule has 26 heavy (non-hydrogen) atoms. The lowest BCUT2D eigenvalue weighted by molar-refractivity contribution is -0.142. The van der Waals surface area contributed by atoms with E-state index in [1.165, 1.54) is 4.90 Å². The molecule has 2 aliphatic heterocycles. The normalized spacial score (nSPS) is 30.5. The first-order valence-corrected chi connectivity index (χ1v) is 9.50. The highest BCUT2D eigenvalue weighted by molar-refractivity contribution is 8.14. The third kappa shape index (κ3) is 4.23. The zero-order chi connectivity index (χ0) is 19.1. The summed E-state index contributed by atoms with van der Waals surface area (Å²) in [5.41, 5.74) is -0.682. The Hall–Kier alpha value is -1.96. The summed E-state index contributed by atoms with van der Waals surface area (Å²) in [5.74, 6) is -0.381. The number of ether oxygens (including phenoxy) is 2. The maximum absolute atomic E-state index is 12.3. The minimum Gasteiger partial charge on any atom is -0.489 e. The van der Waals surface area contributed by atoms with Crippen LogP contribution < -0.4 is 0 Å². The van der Waals surface area contributed by atoms with E-state index in [1.54, 1.807) is 32.5 Å². The highest BCUT2D eigenvalue weighted by atomic mass is 32.2. The van der Waals surface area contributed by atoms with E-state index in [0.717, 1.165) is 5.04 Å². The molecule has 0 spiro atoms. The molecule has 1 saturated heterocycles. The fraction of sp³-hybridized carbons (Fsp3) is 0.611. The number of aliphatic carboxylic acids is 1. The molecule has 142 valence electrons. The number of rotatable bonds is 3. The third-order valence-electron chi connectivity index (χ3n) is 4.24. The van der Waals surface area contributed by atoms with E-state index in [0.29, 0.717) is 11.0 Å². The van der Waals surface area contributed by atoms with Crippen LogP contribution in [0.1, 0.15) is 34.1 Å². The Morgan fingerprint density at radius 2 is 2.12 bits per heavy atom. The van der Waals surface area contributed by atoms with E-state index in [1.807, 2.05) is 19.1 Å². The standard InChI is InChI=1S/C18H24N2O5S/c1-10-19-13-7-11(5-6-15(13)26-10)24-12-8-14(16(21)22)20(9-12)17(23)25-18(2,3)4/h5-7,12-15H,8-9H2,1-4H3,(H,21,22)/t12-,13+,14+,15+/m1/s1. The number of thioether (sulfide) groups is 1. The van der Waals surface area contributed by atoms with Crippen molar-refractivity contribution in [3.8, 4) is 0 Å². The van der Waals surface area contributed by atoms with Gasteiger partial charge in [0.25, 0.3) is 0 Å². The smallest absolute Gasteiger partial charge is 0.411 e. The fourth-order valence-electron chi connectivity index (χ4n) is 3.19. The van der Waals surface area contributed by atoms with Crippen LogP contribution in [0.25, 0.3) is 0 Å². The van der Waals surface area contributed by atoms with Gasteiger partial charge in [0.1, 0.15) is 23.5 Å². The quantitative estimate of drug-likeness (QED) is 0.810. The van der Waals surface area contributed by atoms with Gasteiger partial charge in [0.15, 0.2) is 0 Å². The van der Waals surface area contributed by atoms with E-state index in [4.69, 9.17) is 9.47 Å². The van der Waals surface area contributed by atoms with Crippen LogP contribution in [0, 0.1) is 0 Å². The molecular weight excluding hydrogens is 356 g/mol. The first-order valence-electron chi connectivity index (χ1n) is 8.62. The molecule has 1 amide bonds. The van der Waals surface area contributed by atoms with Gasteiger partial charge in [-0.2, -0.15) is 0 Å². The number of carboxylic acid groups (broad SMARTS) is 1. The van der Waals surface area contributed by atoms with Crippen molar-refractivity contribution in [2.24, 2.45) is 4.99 Å². The molecule has 3 rings (SSSR count). The van der Waals surface area contributed by atoms with Crippen molar-refractivity contribution in [1.82, 2.24) is 4.90 Å². The van der Waals surface area contributed by atoms with Crippen LogP contribution >= 0.6 is 11.8 Å². The number of amides is 1. The minimum atomic E-state index is -1.05. The van der Waals surface area contributed by atoms with Crippen LogP contribution in [-0.2, 0) is 14.3 Å². The maximum atomic E-state index is 12.3. The summed E-state index contributed by atoms with van der Waals surface area (Å²) in [6.45, 7) is 7.42. The number of carbonyl (C=O) groups is 2. The van der Waals surface area contributed by atoms with Crippen molar-refractivity contribution in [1.29, 1.82) is 0 Å². The number of nitrogens with zero attached hydrogens (tertiary/aromatic N) is 2. The van der Waals surface area contributed by atoms with E-state index >= 15 is 0 Å². The Morgan fingerprint density at radius 1 is 1.38 bits per heavy atom. The number of hydrogen-bond acceptors (Lipinski definition) is 6. The van der Waals surface area contributed by atoms with Crippen LogP contribution in [-0.4, -0.2) is 62.7 Å². The van der Waals surface area contributed by atoms with Gasteiger partial charge in [-0.1, -0.05) is 6.08 Å². The van der Waals surface area contributed by atoms with Gasteiger partial charge in [0.05, 0.1) is 22.9 Å². The molecule has 2 heterocycles. The summed E-state index contributed by atoms with van der Waals surface area (Å²) in [7, 11) is 0. The number of carboxylic acids is 1. The minimum absolute atomic E-state index is 0.0543. The second-order valence-corrected chi connectivity index (χ2v) is 8.98. The zero-order valence-electron chi connectivity index (χ0n) is 15.3. The van der Waals surface area contributed by atoms with E-state index in [-0.39, 0.29) is 19.0 Å². The number of carbonyl (C=O) groups excluding carboxylic acids is 1. The van der Waals surface area contributed by atoms with Crippen LogP contribution in [0.5, 0.6) is 0 Å². The van der Waals surface area contributed by atoms with E-state index < -0.39 is 29.8 Å². The van der Waals surface area contributed by atoms with Crippen molar-refractivity contribution < 1.29 is 24.2 Å². The molecule has 7 nitrogen and oxygen atoms in total. The van der Waals surface area contributed by atoms with Gasteiger partial charge >= 0.3 is 12.1 Å². The second-order valence-electron chi connectivity index (χ2n) is 7.61. The lowest BCUT2D eigenvalue weighted by Crippen LogP contribution is -2.43. The van der Waals surface area contributed by atoms with Crippen molar-refractivity contribution in [2.45, 2.75) is 63.2 Å². The topological polar surface area (TPSA) is 88.4 Å². The largest absolute Gasteiger partial charge is 0.489 e.